The number of nitrogens with zero attached hydrogens (tertiary/aromatic N) is 2. The lowest BCUT2D eigenvalue weighted by atomic mass is 9.94. The molecular weight excluding hydrogens is 496 g/mol. The number of rotatable bonds is 9. The summed E-state index contributed by atoms with van der Waals surface area (Å²) >= 11 is 0. The van der Waals surface area contributed by atoms with Crippen molar-refractivity contribution in [2.24, 2.45) is 0 Å². The number of methoxy groups -OCH3 is 2. The maximum Gasteiger partial charge on any atom is 0.274 e. The van der Waals surface area contributed by atoms with Crippen LogP contribution in [-0.2, 0) is 9.47 Å². The van der Waals surface area contributed by atoms with Crippen LogP contribution in [0.15, 0.2) is 73.1 Å². The smallest absolute Gasteiger partial charge is 0.274 e. The predicted molar refractivity (Wildman–Crippen MR) is 148 cm³/mol. The Morgan fingerprint density at radius 1 is 0.744 bits per heavy atom. The number of hydrogen-bond acceptors (Lipinski definition) is 7. The van der Waals surface area contributed by atoms with Crippen LogP contribution in [0.4, 0.5) is 11.4 Å². The summed E-state index contributed by atoms with van der Waals surface area (Å²) in [5.74, 6) is -0.731. The fraction of sp³-hybridized carbons (Fsp3) is 0.167. The number of benzene rings is 2. The summed E-state index contributed by atoms with van der Waals surface area (Å²) in [6, 6.07) is 17.7. The van der Waals surface area contributed by atoms with Gasteiger partial charge in [-0.05, 0) is 66.4 Å². The minimum atomic E-state index is -0.559. The number of anilines is 2. The lowest BCUT2D eigenvalue weighted by Crippen LogP contribution is -2.15. The van der Waals surface area contributed by atoms with Crippen molar-refractivity contribution < 1.29 is 23.9 Å². The Morgan fingerprint density at radius 3 is 1.67 bits per heavy atom. The summed E-state index contributed by atoms with van der Waals surface area (Å²) in [5, 5.41) is 5.84. The monoisotopic (exact) mass is 524 g/mol. The molecular formula is C30H28N4O5. The maximum atomic E-state index is 12.9. The van der Waals surface area contributed by atoms with E-state index in [2.05, 4.69) is 20.6 Å². The van der Waals surface area contributed by atoms with Gasteiger partial charge in [0.25, 0.3) is 11.8 Å². The highest BCUT2D eigenvalue weighted by Gasteiger charge is 2.16. The lowest BCUT2D eigenvalue weighted by molar-refractivity contribution is -0.106. The van der Waals surface area contributed by atoms with Crippen molar-refractivity contribution >= 4 is 29.5 Å². The zero-order valence-corrected chi connectivity index (χ0v) is 22.0. The van der Waals surface area contributed by atoms with Crippen LogP contribution in [0.3, 0.4) is 0 Å². The van der Waals surface area contributed by atoms with Crippen molar-refractivity contribution in [3.8, 4) is 11.1 Å². The van der Waals surface area contributed by atoms with Crippen LogP contribution in [0.5, 0.6) is 0 Å². The molecule has 2 heterocycles. The molecule has 0 unspecified atom stereocenters. The second-order valence-corrected chi connectivity index (χ2v) is 8.74. The maximum absolute atomic E-state index is 12.9. The van der Waals surface area contributed by atoms with E-state index >= 15 is 0 Å². The Balaban J connectivity index is 1.55. The van der Waals surface area contributed by atoms with Crippen LogP contribution >= 0.6 is 0 Å². The molecule has 2 aromatic heterocycles. The van der Waals surface area contributed by atoms with Gasteiger partial charge in [0.15, 0.2) is 12.6 Å². The highest BCUT2D eigenvalue weighted by atomic mass is 16.7. The molecule has 0 aliphatic heterocycles. The Morgan fingerprint density at radius 2 is 1.26 bits per heavy atom. The lowest BCUT2D eigenvalue weighted by Gasteiger charge is -2.17. The largest absolute Gasteiger partial charge is 0.352 e. The number of aromatic nitrogens is 2. The van der Waals surface area contributed by atoms with Crippen molar-refractivity contribution in [3.63, 3.8) is 0 Å². The fourth-order valence-electron chi connectivity index (χ4n) is 4.16. The van der Waals surface area contributed by atoms with Gasteiger partial charge in [-0.3, -0.25) is 24.4 Å². The summed E-state index contributed by atoms with van der Waals surface area (Å²) in [6.07, 6.45) is 3.02. The van der Waals surface area contributed by atoms with E-state index in [9.17, 15) is 14.4 Å². The SMILES string of the molecule is COC(OC)c1ccc(C(=O)Nc2cccc(-c3cccc(NC(=O)c4ccc(C=O)cn4)c3C)c2C)nc1. The molecule has 4 aromatic rings. The van der Waals surface area contributed by atoms with Crippen molar-refractivity contribution in [2.45, 2.75) is 20.1 Å². The van der Waals surface area contributed by atoms with Gasteiger partial charge in [0.05, 0.1) is 0 Å². The molecule has 2 aromatic carbocycles. The van der Waals surface area contributed by atoms with Gasteiger partial charge in [0, 0.05) is 49.1 Å². The molecule has 0 fully saturated rings. The number of ether oxygens (including phenoxy) is 2. The van der Waals surface area contributed by atoms with E-state index in [4.69, 9.17) is 9.47 Å². The van der Waals surface area contributed by atoms with Crippen LogP contribution in [0, 0.1) is 13.8 Å². The first-order valence-electron chi connectivity index (χ1n) is 12.1. The van der Waals surface area contributed by atoms with Crippen molar-refractivity contribution in [2.75, 3.05) is 24.9 Å². The Hall–Kier alpha value is -4.73. The van der Waals surface area contributed by atoms with E-state index in [0.29, 0.717) is 28.8 Å². The van der Waals surface area contributed by atoms with E-state index in [1.807, 2.05) is 50.2 Å². The summed E-state index contributed by atoms with van der Waals surface area (Å²) < 4.78 is 10.4. The van der Waals surface area contributed by atoms with E-state index in [1.54, 1.807) is 24.4 Å². The third-order valence-corrected chi connectivity index (χ3v) is 6.33. The van der Waals surface area contributed by atoms with E-state index < -0.39 is 6.29 Å². The number of carbonyl (C=O) groups excluding carboxylic acids is 3. The molecule has 39 heavy (non-hydrogen) atoms. The minimum absolute atomic E-state index is 0.202. The standard InChI is InChI=1S/C30H28N4O5/c1-18-22(7-5-9-24(18)33-28(36)26-13-11-20(17-35)15-31-26)23-8-6-10-25(19(23)2)34-29(37)27-14-12-21(16-32-27)30(38-3)39-4/h5-17,30H,1-4H3,(H,33,36)(H,34,37). The van der Waals surface area contributed by atoms with Crippen molar-refractivity contribution in [1.82, 2.24) is 9.97 Å². The van der Waals surface area contributed by atoms with E-state index in [0.717, 1.165) is 22.3 Å². The molecule has 198 valence electrons. The Labute approximate surface area is 226 Å². The van der Waals surface area contributed by atoms with Gasteiger partial charge in [0.1, 0.15) is 11.4 Å². The first kappa shape index (κ1) is 27.3. The van der Waals surface area contributed by atoms with Crippen LogP contribution in [0.2, 0.25) is 0 Å². The molecule has 4 rings (SSSR count). The number of amides is 2. The average molecular weight is 525 g/mol. The number of aldehydes is 1. The highest BCUT2D eigenvalue weighted by Crippen LogP contribution is 2.34. The predicted octanol–water partition coefficient (Wildman–Crippen LogP) is 5.37. The average Bonchev–Trinajstić information content (AvgIpc) is 2.96. The van der Waals surface area contributed by atoms with Crippen LogP contribution in [0.25, 0.3) is 11.1 Å². The second-order valence-electron chi connectivity index (χ2n) is 8.74. The van der Waals surface area contributed by atoms with Gasteiger partial charge in [-0.15, -0.1) is 0 Å². The molecule has 0 atom stereocenters. The molecule has 0 spiro atoms. The molecule has 0 saturated carbocycles. The van der Waals surface area contributed by atoms with Gasteiger partial charge in [0.2, 0.25) is 0 Å². The van der Waals surface area contributed by atoms with Gasteiger partial charge in [-0.25, -0.2) is 0 Å². The molecule has 9 nitrogen and oxygen atoms in total. The highest BCUT2D eigenvalue weighted by molar-refractivity contribution is 6.05. The second kappa shape index (κ2) is 12.2. The molecule has 2 N–H and O–H groups in total. The minimum Gasteiger partial charge on any atom is -0.352 e. The van der Waals surface area contributed by atoms with Crippen molar-refractivity contribution in [1.29, 1.82) is 0 Å². The zero-order valence-electron chi connectivity index (χ0n) is 22.0. The summed E-state index contributed by atoms with van der Waals surface area (Å²) in [4.78, 5) is 44.9. The Bertz CT molecular complexity index is 1500. The van der Waals surface area contributed by atoms with Gasteiger partial charge in [-0.1, -0.05) is 30.3 Å². The molecule has 2 amide bonds. The van der Waals surface area contributed by atoms with Crippen LogP contribution in [-0.4, -0.2) is 42.3 Å². The molecule has 0 aliphatic carbocycles. The molecule has 9 heteroatoms. The molecule has 0 aliphatic rings. The Kier molecular flexibility index (Phi) is 8.55. The van der Waals surface area contributed by atoms with Crippen LogP contribution in [0.1, 0.15) is 54.3 Å². The normalized spacial score (nSPS) is 10.8. The van der Waals surface area contributed by atoms with Gasteiger partial charge in [-0.2, -0.15) is 0 Å². The van der Waals surface area contributed by atoms with Crippen molar-refractivity contribution in [3.05, 3.63) is 107 Å². The third kappa shape index (κ3) is 6.06. The molecule has 0 saturated heterocycles. The first-order valence-corrected chi connectivity index (χ1v) is 12.1. The zero-order chi connectivity index (χ0) is 27.9. The number of hydrogen-bond donors (Lipinski definition) is 2. The molecule has 0 bridgehead atoms. The summed E-state index contributed by atoms with van der Waals surface area (Å²) in [7, 11) is 3.06. The topological polar surface area (TPSA) is 120 Å². The van der Waals surface area contributed by atoms with Crippen LogP contribution < -0.4 is 10.6 Å². The fourth-order valence-corrected chi connectivity index (χ4v) is 4.16. The first-order chi connectivity index (χ1) is 18.9. The molecule has 0 radical (unpaired) electrons. The van der Waals surface area contributed by atoms with E-state index in [-0.39, 0.29) is 23.2 Å². The van der Waals surface area contributed by atoms with E-state index in [1.165, 1.54) is 26.5 Å². The summed E-state index contributed by atoms with van der Waals surface area (Å²) in [6.45, 7) is 3.84. The quantitative estimate of drug-likeness (QED) is 0.223. The number of carbonyl (C=O) groups is 3. The number of pyridine rings is 2. The third-order valence-electron chi connectivity index (χ3n) is 6.33. The van der Waals surface area contributed by atoms with Gasteiger partial charge >= 0.3 is 0 Å². The number of nitrogens with one attached hydrogen (secondary N) is 2. The van der Waals surface area contributed by atoms with Gasteiger partial charge < -0.3 is 20.1 Å². The summed E-state index contributed by atoms with van der Waals surface area (Å²) in [5.41, 5.74) is 6.34.